The van der Waals surface area contributed by atoms with E-state index in [0.29, 0.717) is 12.4 Å². The second-order valence-electron chi connectivity index (χ2n) is 4.47. The lowest BCUT2D eigenvalue weighted by atomic mass is 10.2. The van der Waals surface area contributed by atoms with Crippen LogP contribution in [0.1, 0.15) is 18.9 Å². The van der Waals surface area contributed by atoms with Gasteiger partial charge < -0.3 is 10.1 Å². The Hall–Kier alpha value is -1.53. The third-order valence-electron chi connectivity index (χ3n) is 2.74. The zero-order chi connectivity index (χ0) is 15.2. The van der Waals surface area contributed by atoms with Gasteiger partial charge in [0.2, 0.25) is 5.88 Å². The van der Waals surface area contributed by atoms with Gasteiger partial charge in [0.05, 0.1) is 0 Å². The number of hydrogen-bond acceptors (Lipinski definition) is 3. The van der Waals surface area contributed by atoms with Gasteiger partial charge in [-0.15, -0.1) is 0 Å². The molecule has 0 fully saturated rings. The first-order valence-electron chi connectivity index (χ1n) is 6.58. The largest absolute Gasteiger partial charge is 0.439 e. The Labute approximate surface area is 130 Å². The molecule has 1 aromatic carbocycles. The molecule has 0 radical (unpaired) electrons. The molecule has 2 rings (SSSR count). The maximum Gasteiger partial charge on any atom is 0.223 e. The molecular weight excluding hydrogens is 342 g/mol. The van der Waals surface area contributed by atoms with Crippen molar-refractivity contribution in [3.8, 4) is 11.6 Å². The molecule has 0 atom stereocenters. The van der Waals surface area contributed by atoms with Gasteiger partial charge in [0, 0.05) is 28.8 Å². The predicted octanol–water partition coefficient (Wildman–Crippen LogP) is 4.41. The number of benzene rings is 1. The van der Waals surface area contributed by atoms with Crippen LogP contribution in [-0.4, -0.2) is 11.5 Å². The van der Waals surface area contributed by atoms with E-state index < -0.39 is 11.6 Å². The van der Waals surface area contributed by atoms with E-state index in [2.05, 4.69) is 33.2 Å². The van der Waals surface area contributed by atoms with Gasteiger partial charge in [0.15, 0.2) is 11.6 Å². The summed E-state index contributed by atoms with van der Waals surface area (Å²) < 4.78 is 32.5. The first-order chi connectivity index (χ1) is 10.1. The topological polar surface area (TPSA) is 34.2 Å². The fraction of sp³-hybridized carbons (Fsp3) is 0.267. The minimum atomic E-state index is -0.949. The molecule has 112 valence electrons. The molecule has 0 saturated carbocycles. The number of aromatic nitrogens is 1. The van der Waals surface area contributed by atoms with Crippen LogP contribution in [0.4, 0.5) is 8.78 Å². The zero-order valence-corrected chi connectivity index (χ0v) is 13.1. The van der Waals surface area contributed by atoms with Gasteiger partial charge in [-0.1, -0.05) is 6.92 Å². The highest BCUT2D eigenvalue weighted by Crippen LogP contribution is 2.26. The van der Waals surface area contributed by atoms with Crippen LogP contribution in [-0.2, 0) is 6.54 Å². The number of halogens is 3. The summed E-state index contributed by atoms with van der Waals surface area (Å²) in [5, 5.41) is 3.25. The van der Waals surface area contributed by atoms with Crippen molar-refractivity contribution in [3.05, 3.63) is 52.1 Å². The van der Waals surface area contributed by atoms with Crippen molar-refractivity contribution in [1.29, 1.82) is 0 Å². The van der Waals surface area contributed by atoms with Crippen molar-refractivity contribution >= 4 is 15.9 Å². The summed E-state index contributed by atoms with van der Waals surface area (Å²) in [6, 6.07) is 5.27. The Kier molecular flexibility index (Phi) is 5.64. The summed E-state index contributed by atoms with van der Waals surface area (Å²) in [7, 11) is 0. The van der Waals surface area contributed by atoms with Crippen LogP contribution in [0.25, 0.3) is 0 Å². The number of rotatable bonds is 6. The molecule has 0 aliphatic rings. The van der Waals surface area contributed by atoms with Gasteiger partial charge >= 0.3 is 0 Å². The van der Waals surface area contributed by atoms with Gasteiger partial charge in [-0.05, 0) is 47.1 Å². The molecule has 0 spiro atoms. The van der Waals surface area contributed by atoms with Crippen LogP contribution in [0.2, 0.25) is 0 Å². The van der Waals surface area contributed by atoms with Gasteiger partial charge in [-0.2, -0.15) is 0 Å². The van der Waals surface area contributed by atoms with Crippen molar-refractivity contribution in [3.63, 3.8) is 0 Å². The molecule has 1 heterocycles. The normalized spacial score (nSPS) is 10.7. The smallest absolute Gasteiger partial charge is 0.223 e. The van der Waals surface area contributed by atoms with Gasteiger partial charge in [-0.25, -0.2) is 13.8 Å². The molecule has 0 aliphatic carbocycles. The first kappa shape index (κ1) is 15.9. The number of nitrogens with zero attached hydrogens (tertiary/aromatic N) is 1. The summed E-state index contributed by atoms with van der Waals surface area (Å²) >= 11 is 3.36. The molecule has 21 heavy (non-hydrogen) atoms. The van der Waals surface area contributed by atoms with E-state index in [1.807, 2.05) is 6.07 Å². The van der Waals surface area contributed by atoms with E-state index in [9.17, 15) is 8.78 Å². The molecule has 1 N–H and O–H groups in total. The molecule has 6 heteroatoms. The van der Waals surface area contributed by atoms with Crippen molar-refractivity contribution in [1.82, 2.24) is 10.3 Å². The highest BCUT2D eigenvalue weighted by molar-refractivity contribution is 9.10. The number of nitrogens with one attached hydrogen (secondary N) is 1. The third kappa shape index (κ3) is 4.47. The van der Waals surface area contributed by atoms with Crippen LogP contribution in [0.5, 0.6) is 11.6 Å². The molecule has 0 bridgehead atoms. The average Bonchev–Trinajstić information content (AvgIpc) is 2.46. The Bertz CT molecular complexity index is 623. The van der Waals surface area contributed by atoms with Crippen molar-refractivity contribution in [2.24, 2.45) is 0 Å². The number of ether oxygens (including phenoxy) is 1. The van der Waals surface area contributed by atoms with Crippen LogP contribution in [0.3, 0.4) is 0 Å². The lowest BCUT2D eigenvalue weighted by Crippen LogP contribution is -2.14. The molecule has 3 nitrogen and oxygen atoms in total. The van der Waals surface area contributed by atoms with Gasteiger partial charge in [0.25, 0.3) is 0 Å². The number of pyridine rings is 1. The fourth-order valence-electron chi connectivity index (χ4n) is 1.74. The van der Waals surface area contributed by atoms with Crippen LogP contribution >= 0.6 is 15.9 Å². The zero-order valence-electron chi connectivity index (χ0n) is 11.5. The minimum Gasteiger partial charge on any atom is -0.439 e. The molecule has 0 aliphatic heterocycles. The van der Waals surface area contributed by atoms with Gasteiger partial charge in [0.1, 0.15) is 5.75 Å². The maximum atomic E-state index is 13.2. The Morgan fingerprint density at radius 1 is 1.24 bits per heavy atom. The summed E-state index contributed by atoms with van der Waals surface area (Å²) in [5.41, 5.74) is 0.836. The van der Waals surface area contributed by atoms with E-state index in [4.69, 9.17) is 4.74 Å². The highest BCUT2D eigenvalue weighted by atomic mass is 79.9. The number of hydrogen-bond donors (Lipinski definition) is 1. The predicted molar refractivity (Wildman–Crippen MR) is 80.4 cm³/mol. The van der Waals surface area contributed by atoms with E-state index >= 15 is 0 Å². The molecule has 0 amide bonds. The van der Waals surface area contributed by atoms with Crippen LogP contribution < -0.4 is 10.1 Å². The molecular formula is C15H15BrF2N2O. The van der Waals surface area contributed by atoms with Crippen molar-refractivity contribution < 1.29 is 13.5 Å². The lowest BCUT2D eigenvalue weighted by Gasteiger charge is -2.11. The van der Waals surface area contributed by atoms with E-state index in [1.165, 1.54) is 6.07 Å². The minimum absolute atomic E-state index is 0.209. The average molecular weight is 357 g/mol. The standard InChI is InChI=1S/C15H15BrF2N2O/c1-2-5-19-8-10-6-11(16)9-20-15(10)21-12-3-4-13(17)14(18)7-12/h3-4,6-7,9,19H,2,5,8H2,1H3. The van der Waals surface area contributed by atoms with Crippen molar-refractivity contribution in [2.45, 2.75) is 19.9 Å². The second kappa shape index (κ2) is 7.47. The lowest BCUT2D eigenvalue weighted by molar-refractivity contribution is 0.440. The SMILES string of the molecule is CCCNCc1cc(Br)cnc1Oc1ccc(F)c(F)c1. The molecule has 1 aromatic heterocycles. The Morgan fingerprint density at radius 2 is 2.05 bits per heavy atom. The second-order valence-corrected chi connectivity index (χ2v) is 5.39. The van der Waals surface area contributed by atoms with Gasteiger partial charge in [-0.3, -0.25) is 0 Å². The molecule has 0 unspecified atom stereocenters. The maximum absolute atomic E-state index is 13.2. The van der Waals surface area contributed by atoms with E-state index in [1.54, 1.807) is 6.20 Å². The highest BCUT2D eigenvalue weighted by Gasteiger charge is 2.10. The Morgan fingerprint density at radius 3 is 2.76 bits per heavy atom. The fourth-order valence-corrected chi connectivity index (χ4v) is 2.12. The molecule has 2 aromatic rings. The summed E-state index contributed by atoms with van der Waals surface area (Å²) in [6.07, 6.45) is 2.61. The first-order valence-corrected chi connectivity index (χ1v) is 7.37. The summed E-state index contributed by atoms with van der Waals surface area (Å²) in [4.78, 5) is 4.18. The quantitative estimate of drug-likeness (QED) is 0.778. The summed E-state index contributed by atoms with van der Waals surface area (Å²) in [5.74, 6) is -1.28. The van der Waals surface area contributed by atoms with Crippen LogP contribution in [0, 0.1) is 11.6 Å². The summed E-state index contributed by atoms with van der Waals surface area (Å²) in [6.45, 7) is 3.53. The Balaban J connectivity index is 2.19. The van der Waals surface area contributed by atoms with E-state index in [0.717, 1.165) is 35.1 Å². The van der Waals surface area contributed by atoms with E-state index in [-0.39, 0.29) is 5.75 Å². The van der Waals surface area contributed by atoms with Crippen LogP contribution in [0.15, 0.2) is 34.9 Å². The third-order valence-corrected chi connectivity index (χ3v) is 3.17. The van der Waals surface area contributed by atoms with Crippen molar-refractivity contribution in [2.75, 3.05) is 6.54 Å². The molecule has 0 saturated heterocycles. The monoisotopic (exact) mass is 356 g/mol.